The van der Waals surface area contributed by atoms with Crippen LogP contribution in [0, 0.1) is 10.8 Å². The van der Waals surface area contributed by atoms with Crippen molar-refractivity contribution >= 4 is 31.9 Å². The summed E-state index contributed by atoms with van der Waals surface area (Å²) in [6.45, 7) is 11.7. The lowest BCUT2D eigenvalue weighted by atomic mass is 9.56. The molecule has 0 saturated carbocycles. The Kier molecular flexibility index (Phi) is 17.9. The van der Waals surface area contributed by atoms with Crippen molar-refractivity contribution in [3.8, 4) is 0 Å². The summed E-state index contributed by atoms with van der Waals surface area (Å²) in [7, 11) is 0. The molecule has 6 aromatic rings. The van der Waals surface area contributed by atoms with Crippen LogP contribution in [-0.2, 0) is 33.9 Å². The number of piperidine rings is 6. The maximum absolute atomic E-state index is 12.5. The molecule has 360 valence electrons. The van der Waals surface area contributed by atoms with E-state index in [1.807, 2.05) is 24.3 Å². The smallest absolute Gasteiger partial charge is 0.121 e. The highest BCUT2D eigenvalue weighted by molar-refractivity contribution is 9.10. The first kappa shape index (κ1) is 52.8. The molecule has 6 aliphatic heterocycles. The SMILES string of the molecule is OC(c1ccccc1)(c1ccccc1)C12CC[N+](CCOCc3ccc(Br)cc3)(CC1)CC2.OC(c1ccccc1)(c1ccccc1)C12CC[N+](CCOCc3ccc(Br)cc3)(CC1)CC2.[Br-].[Br-]. The number of aliphatic hydroxyl groups is 2. The van der Waals surface area contributed by atoms with Crippen LogP contribution in [0.4, 0.5) is 0 Å². The predicted molar refractivity (Wildman–Crippen MR) is 271 cm³/mol. The molecule has 0 aliphatic carbocycles. The molecular weight excluding hydrogens is 1110 g/mol. The zero-order chi connectivity index (χ0) is 45.6. The number of quaternary nitrogens is 2. The Morgan fingerprint density at radius 1 is 0.397 bits per heavy atom. The Morgan fingerprint density at radius 2 is 0.647 bits per heavy atom. The molecule has 0 aromatic heterocycles. The minimum atomic E-state index is -0.954. The van der Waals surface area contributed by atoms with Gasteiger partial charge in [0, 0.05) is 58.3 Å². The minimum Gasteiger partial charge on any atom is -1.00 e. The molecule has 0 unspecified atom stereocenters. The molecule has 6 saturated heterocycles. The van der Waals surface area contributed by atoms with Gasteiger partial charge in [0.1, 0.15) is 24.3 Å². The van der Waals surface area contributed by atoms with Crippen LogP contribution in [0.5, 0.6) is 0 Å². The van der Waals surface area contributed by atoms with Crippen molar-refractivity contribution in [1.82, 2.24) is 0 Å². The number of hydrogen-bond donors (Lipinski definition) is 2. The molecule has 10 heteroatoms. The van der Waals surface area contributed by atoms with Gasteiger partial charge in [0.2, 0.25) is 0 Å². The molecule has 0 spiro atoms. The highest BCUT2D eigenvalue weighted by Crippen LogP contribution is 2.59. The molecule has 4 bridgehead atoms. The first-order valence-corrected chi connectivity index (χ1v) is 25.7. The number of fused-ring (bicyclic) bond motifs is 6. The Labute approximate surface area is 442 Å². The van der Waals surface area contributed by atoms with E-state index in [9.17, 15) is 10.2 Å². The van der Waals surface area contributed by atoms with Gasteiger partial charge in [-0.05, 0) is 57.6 Å². The second-order valence-corrected chi connectivity index (χ2v) is 21.6. The maximum Gasteiger partial charge on any atom is 0.121 e. The maximum atomic E-state index is 12.5. The van der Waals surface area contributed by atoms with E-state index >= 15 is 0 Å². The summed E-state index contributed by atoms with van der Waals surface area (Å²) < 4.78 is 16.6. The van der Waals surface area contributed by atoms with Gasteiger partial charge in [-0.3, -0.25) is 0 Å². The molecule has 6 fully saturated rings. The summed E-state index contributed by atoms with van der Waals surface area (Å²) in [5.74, 6) is 0. The molecule has 0 amide bonds. The van der Waals surface area contributed by atoms with Crippen LogP contribution in [0.25, 0.3) is 0 Å². The van der Waals surface area contributed by atoms with Gasteiger partial charge in [-0.2, -0.15) is 0 Å². The van der Waals surface area contributed by atoms with Crippen LogP contribution >= 0.6 is 31.9 Å². The second kappa shape index (κ2) is 23.0. The average Bonchev–Trinajstić information content (AvgIpc) is 3.39. The third-order valence-electron chi connectivity index (χ3n) is 16.5. The molecule has 12 rings (SSSR count). The number of ether oxygens (including phenoxy) is 2. The molecular formula is C58H66Br4N2O4. The molecule has 6 heterocycles. The molecule has 6 aliphatic rings. The molecule has 68 heavy (non-hydrogen) atoms. The van der Waals surface area contributed by atoms with Crippen LogP contribution in [0.15, 0.2) is 179 Å². The largest absolute Gasteiger partial charge is 1.00 e. The zero-order valence-corrected chi connectivity index (χ0v) is 45.4. The van der Waals surface area contributed by atoms with Crippen LogP contribution in [0.2, 0.25) is 0 Å². The summed E-state index contributed by atoms with van der Waals surface area (Å²) in [5.41, 5.74) is 4.38. The van der Waals surface area contributed by atoms with Gasteiger partial charge in [-0.15, -0.1) is 0 Å². The van der Waals surface area contributed by atoms with Crippen molar-refractivity contribution in [2.24, 2.45) is 10.8 Å². The molecule has 0 atom stereocenters. The van der Waals surface area contributed by atoms with Gasteiger partial charge < -0.3 is 62.6 Å². The average molecular weight is 1170 g/mol. The topological polar surface area (TPSA) is 58.9 Å². The van der Waals surface area contributed by atoms with Gasteiger partial charge in [0.15, 0.2) is 0 Å². The Morgan fingerprint density at radius 3 is 0.897 bits per heavy atom. The van der Waals surface area contributed by atoms with Crippen LogP contribution in [0.1, 0.15) is 71.9 Å². The van der Waals surface area contributed by atoms with E-state index in [4.69, 9.17) is 9.47 Å². The first-order chi connectivity index (χ1) is 32.1. The van der Waals surface area contributed by atoms with Crippen molar-refractivity contribution < 1.29 is 62.6 Å². The van der Waals surface area contributed by atoms with E-state index in [2.05, 4.69) is 177 Å². The number of rotatable bonds is 16. The van der Waals surface area contributed by atoms with Crippen molar-refractivity contribution in [2.45, 2.75) is 62.9 Å². The van der Waals surface area contributed by atoms with E-state index in [0.717, 1.165) is 144 Å². The third kappa shape index (κ3) is 10.9. The quantitative estimate of drug-likeness (QED) is 0.0951. The fourth-order valence-corrected chi connectivity index (χ4v) is 12.7. The number of nitrogens with zero attached hydrogens (tertiary/aromatic N) is 2. The second-order valence-electron chi connectivity index (χ2n) is 19.8. The lowest BCUT2D eigenvalue weighted by molar-refractivity contribution is -0.946. The Bertz CT molecular complexity index is 2160. The van der Waals surface area contributed by atoms with Crippen molar-refractivity contribution in [2.75, 3.05) is 65.6 Å². The van der Waals surface area contributed by atoms with Gasteiger partial charge in [0.25, 0.3) is 0 Å². The van der Waals surface area contributed by atoms with Gasteiger partial charge in [0.05, 0.1) is 65.7 Å². The lowest BCUT2D eigenvalue weighted by Gasteiger charge is -2.60. The zero-order valence-electron chi connectivity index (χ0n) is 39.0. The molecule has 2 N–H and O–H groups in total. The third-order valence-corrected chi connectivity index (χ3v) is 17.5. The van der Waals surface area contributed by atoms with Crippen LogP contribution in [-0.4, -0.2) is 84.8 Å². The summed E-state index contributed by atoms with van der Waals surface area (Å²) in [6, 6.07) is 58.0. The lowest BCUT2D eigenvalue weighted by Crippen LogP contribution is -3.00. The molecule has 6 aromatic carbocycles. The summed E-state index contributed by atoms with van der Waals surface area (Å²) in [5, 5.41) is 24.9. The summed E-state index contributed by atoms with van der Waals surface area (Å²) >= 11 is 6.97. The van der Waals surface area contributed by atoms with Crippen molar-refractivity contribution in [3.05, 3.63) is 212 Å². The number of halogens is 4. The van der Waals surface area contributed by atoms with E-state index < -0.39 is 11.2 Å². The number of hydrogen-bond acceptors (Lipinski definition) is 4. The van der Waals surface area contributed by atoms with Gasteiger partial charge in [-0.25, -0.2) is 0 Å². The monoisotopic (exact) mass is 1170 g/mol. The standard InChI is InChI=1S/2C29H33BrNO2.2BrH/c2*30-27-13-11-24(12-14-27)23-33-22-21-31-18-15-28(16-19-31,17-20-31)29(32,25-7-3-1-4-8-25)26-9-5-2-6-10-26;;/h2*1-14,32H,15-23H2;2*1H/q2*+1;;/p-2. The Hall–Kier alpha value is -3.00. The first-order valence-electron chi connectivity index (χ1n) is 24.1. The molecule has 6 nitrogen and oxygen atoms in total. The van der Waals surface area contributed by atoms with Crippen molar-refractivity contribution in [3.63, 3.8) is 0 Å². The summed E-state index contributed by atoms with van der Waals surface area (Å²) in [6.07, 6.45) is 6.25. The molecule has 0 radical (unpaired) electrons. The van der Waals surface area contributed by atoms with E-state index in [1.54, 1.807) is 0 Å². The number of benzene rings is 6. The fourth-order valence-electron chi connectivity index (χ4n) is 12.2. The van der Waals surface area contributed by atoms with Crippen LogP contribution < -0.4 is 34.0 Å². The highest BCUT2D eigenvalue weighted by atomic mass is 79.9. The van der Waals surface area contributed by atoms with E-state index in [1.165, 1.54) is 11.1 Å². The minimum absolute atomic E-state index is 0. The van der Waals surface area contributed by atoms with Crippen LogP contribution in [0.3, 0.4) is 0 Å². The van der Waals surface area contributed by atoms with Gasteiger partial charge >= 0.3 is 0 Å². The Balaban J connectivity index is 0.000000196. The highest BCUT2D eigenvalue weighted by Gasteiger charge is 2.61. The normalized spacial score (nSPS) is 23.9. The summed E-state index contributed by atoms with van der Waals surface area (Å²) in [4.78, 5) is 0. The van der Waals surface area contributed by atoms with E-state index in [0.29, 0.717) is 13.2 Å². The van der Waals surface area contributed by atoms with Gasteiger partial charge in [-0.1, -0.05) is 177 Å². The predicted octanol–water partition coefficient (Wildman–Crippen LogP) is 5.81. The fraction of sp³-hybridized carbons (Fsp3) is 0.379. The van der Waals surface area contributed by atoms with E-state index in [-0.39, 0.29) is 44.8 Å². The van der Waals surface area contributed by atoms with Crippen molar-refractivity contribution in [1.29, 1.82) is 0 Å².